The first-order valence-corrected chi connectivity index (χ1v) is 7.89. The van der Waals surface area contributed by atoms with Gasteiger partial charge in [0.15, 0.2) is 0 Å². The highest BCUT2D eigenvalue weighted by atomic mass is 19.4. The average molecular weight is 292 g/mol. The summed E-state index contributed by atoms with van der Waals surface area (Å²) in [5.41, 5.74) is 0. The molecule has 0 radical (unpaired) electrons. The number of hydrogen-bond acceptors (Lipinski definition) is 2. The maximum atomic E-state index is 12.3. The van der Waals surface area contributed by atoms with Gasteiger partial charge < -0.3 is 5.32 Å². The van der Waals surface area contributed by atoms with Crippen molar-refractivity contribution < 1.29 is 13.2 Å². The van der Waals surface area contributed by atoms with Crippen molar-refractivity contribution in [1.29, 1.82) is 0 Å². The van der Waals surface area contributed by atoms with Gasteiger partial charge in [0.05, 0.1) is 0 Å². The van der Waals surface area contributed by atoms with Gasteiger partial charge >= 0.3 is 6.18 Å². The smallest absolute Gasteiger partial charge is 0.311 e. The molecule has 0 aromatic rings. The summed E-state index contributed by atoms with van der Waals surface area (Å²) in [4.78, 5) is 2.33. The van der Waals surface area contributed by atoms with Gasteiger partial charge in [-0.25, -0.2) is 0 Å². The quantitative estimate of drug-likeness (QED) is 0.807. The molecule has 0 bridgehead atoms. The van der Waals surface area contributed by atoms with E-state index < -0.39 is 12.6 Å². The minimum absolute atomic E-state index is 0.237. The summed E-state index contributed by atoms with van der Waals surface area (Å²) in [6, 6.07) is 0.905. The van der Waals surface area contributed by atoms with E-state index in [2.05, 4.69) is 24.1 Å². The predicted octanol–water partition coefficient (Wildman–Crippen LogP) is 3.43. The normalized spacial score (nSPS) is 29.1. The van der Waals surface area contributed by atoms with Crippen LogP contribution in [0.2, 0.25) is 0 Å². The van der Waals surface area contributed by atoms with E-state index in [0.29, 0.717) is 30.5 Å². The van der Waals surface area contributed by atoms with E-state index in [-0.39, 0.29) is 6.42 Å². The van der Waals surface area contributed by atoms with Crippen LogP contribution in [0.5, 0.6) is 0 Å². The van der Waals surface area contributed by atoms with E-state index >= 15 is 0 Å². The largest absolute Gasteiger partial charge is 0.389 e. The van der Waals surface area contributed by atoms with Crippen molar-refractivity contribution >= 4 is 0 Å². The van der Waals surface area contributed by atoms with Gasteiger partial charge in [0.1, 0.15) is 0 Å². The number of piperazine rings is 1. The monoisotopic (exact) mass is 292 g/mol. The number of rotatable bonds is 6. The van der Waals surface area contributed by atoms with Crippen LogP contribution in [-0.2, 0) is 0 Å². The van der Waals surface area contributed by atoms with Crippen molar-refractivity contribution in [2.75, 3.05) is 19.6 Å². The van der Waals surface area contributed by atoms with Crippen LogP contribution < -0.4 is 5.32 Å². The van der Waals surface area contributed by atoms with E-state index in [1.54, 1.807) is 0 Å². The fourth-order valence-electron chi connectivity index (χ4n) is 3.31. The minimum atomic E-state index is -4.01. The van der Waals surface area contributed by atoms with Crippen molar-refractivity contribution in [3.63, 3.8) is 0 Å². The molecular formula is C15H27F3N2. The Labute approximate surface area is 120 Å². The van der Waals surface area contributed by atoms with Crippen LogP contribution in [0.1, 0.15) is 46.0 Å². The van der Waals surface area contributed by atoms with Gasteiger partial charge in [0.25, 0.3) is 0 Å². The summed E-state index contributed by atoms with van der Waals surface area (Å²) < 4.78 is 36.9. The molecular weight excluding hydrogens is 265 g/mol. The Kier molecular flexibility index (Phi) is 5.35. The molecule has 0 amide bonds. The van der Waals surface area contributed by atoms with Crippen LogP contribution in [0.3, 0.4) is 0 Å². The summed E-state index contributed by atoms with van der Waals surface area (Å²) >= 11 is 0. The van der Waals surface area contributed by atoms with Gasteiger partial charge in [-0.05, 0) is 44.1 Å². The van der Waals surface area contributed by atoms with Gasteiger partial charge in [-0.15, -0.1) is 0 Å². The molecule has 0 aromatic carbocycles. The Morgan fingerprint density at radius 3 is 2.50 bits per heavy atom. The summed E-state index contributed by atoms with van der Waals surface area (Å²) in [5.74, 6) is 1.34. The molecule has 2 aliphatic rings. The standard InChI is InChI=1S/C15H27F3N2/c1-11(2)8-13-10-20(7-3-6-15(16,17)18)14(9-19-13)12-4-5-12/h11-14,19H,3-10H2,1-2H3. The maximum Gasteiger partial charge on any atom is 0.389 e. The Morgan fingerprint density at radius 1 is 1.25 bits per heavy atom. The van der Waals surface area contributed by atoms with E-state index in [1.165, 1.54) is 12.8 Å². The summed E-state index contributed by atoms with van der Waals surface area (Å²) in [6.07, 6.45) is -0.828. The van der Waals surface area contributed by atoms with Crippen LogP contribution in [-0.4, -0.2) is 42.8 Å². The topological polar surface area (TPSA) is 15.3 Å². The molecule has 118 valence electrons. The Bertz CT molecular complexity index is 300. The van der Waals surface area contributed by atoms with E-state index in [0.717, 1.165) is 19.5 Å². The number of alkyl halides is 3. The van der Waals surface area contributed by atoms with Crippen LogP contribution in [0.4, 0.5) is 13.2 Å². The third-order valence-corrected chi connectivity index (χ3v) is 4.37. The lowest BCUT2D eigenvalue weighted by Crippen LogP contribution is -2.57. The molecule has 2 nitrogen and oxygen atoms in total. The third-order valence-electron chi connectivity index (χ3n) is 4.37. The lowest BCUT2D eigenvalue weighted by atomic mass is 9.98. The molecule has 2 rings (SSSR count). The van der Waals surface area contributed by atoms with Crippen LogP contribution in [0, 0.1) is 11.8 Å². The molecule has 2 atom stereocenters. The first kappa shape index (κ1) is 16.1. The molecule has 2 unspecified atom stereocenters. The molecule has 2 fully saturated rings. The molecule has 1 aliphatic heterocycles. The maximum absolute atomic E-state index is 12.3. The Morgan fingerprint density at radius 2 is 1.95 bits per heavy atom. The van der Waals surface area contributed by atoms with Crippen LogP contribution in [0.15, 0.2) is 0 Å². The molecule has 1 saturated heterocycles. The third kappa shape index (κ3) is 5.24. The molecule has 1 saturated carbocycles. The van der Waals surface area contributed by atoms with E-state index in [9.17, 15) is 13.2 Å². The van der Waals surface area contributed by atoms with Crippen molar-refractivity contribution in [2.24, 2.45) is 11.8 Å². The molecule has 0 spiro atoms. The second-order valence-corrected chi connectivity index (χ2v) is 6.85. The second kappa shape index (κ2) is 6.65. The zero-order valence-electron chi connectivity index (χ0n) is 12.5. The highest BCUT2D eigenvalue weighted by Crippen LogP contribution is 2.37. The SMILES string of the molecule is CC(C)CC1CN(CCCC(F)(F)F)C(C2CC2)CN1. The van der Waals surface area contributed by atoms with Gasteiger partial charge in [-0.3, -0.25) is 4.90 Å². The Balaban J connectivity index is 1.82. The van der Waals surface area contributed by atoms with Gasteiger partial charge in [0, 0.05) is 31.6 Å². The number of hydrogen-bond donors (Lipinski definition) is 1. The zero-order chi connectivity index (χ0) is 14.8. The lowest BCUT2D eigenvalue weighted by Gasteiger charge is -2.41. The van der Waals surface area contributed by atoms with E-state index in [4.69, 9.17) is 0 Å². The molecule has 5 heteroatoms. The summed E-state index contributed by atoms with van der Waals surface area (Å²) in [7, 11) is 0. The summed E-state index contributed by atoms with van der Waals surface area (Å²) in [6.45, 7) is 6.85. The number of halogens is 3. The minimum Gasteiger partial charge on any atom is -0.311 e. The average Bonchev–Trinajstić information content (AvgIpc) is 3.10. The lowest BCUT2D eigenvalue weighted by molar-refractivity contribution is -0.136. The molecule has 1 N–H and O–H groups in total. The second-order valence-electron chi connectivity index (χ2n) is 6.85. The molecule has 1 aliphatic carbocycles. The van der Waals surface area contributed by atoms with Crippen molar-refractivity contribution in [3.05, 3.63) is 0 Å². The van der Waals surface area contributed by atoms with Gasteiger partial charge in [-0.2, -0.15) is 13.2 Å². The van der Waals surface area contributed by atoms with Gasteiger partial charge in [0.2, 0.25) is 0 Å². The van der Waals surface area contributed by atoms with E-state index in [1.807, 2.05) is 0 Å². The first-order valence-electron chi connectivity index (χ1n) is 7.89. The fourth-order valence-corrected chi connectivity index (χ4v) is 3.31. The van der Waals surface area contributed by atoms with Gasteiger partial charge in [-0.1, -0.05) is 13.8 Å². The fraction of sp³-hybridized carbons (Fsp3) is 1.00. The van der Waals surface area contributed by atoms with Crippen molar-refractivity contribution in [2.45, 2.75) is 64.2 Å². The van der Waals surface area contributed by atoms with Crippen molar-refractivity contribution in [1.82, 2.24) is 10.2 Å². The highest BCUT2D eigenvalue weighted by Gasteiger charge is 2.39. The molecule has 0 aromatic heterocycles. The van der Waals surface area contributed by atoms with Crippen LogP contribution >= 0.6 is 0 Å². The molecule has 20 heavy (non-hydrogen) atoms. The number of nitrogens with one attached hydrogen (secondary N) is 1. The number of nitrogens with zero attached hydrogens (tertiary/aromatic N) is 1. The van der Waals surface area contributed by atoms with Crippen LogP contribution in [0.25, 0.3) is 0 Å². The summed E-state index contributed by atoms with van der Waals surface area (Å²) in [5, 5.41) is 3.59. The molecule has 1 heterocycles. The predicted molar refractivity (Wildman–Crippen MR) is 74.6 cm³/mol. The first-order chi connectivity index (χ1) is 9.35. The zero-order valence-corrected chi connectivity index (χ0v) is 12.5. The Hall–Kier alpha value is -0.290. The van der Waals surface area contributed by atoms with Crippen molar-refractivity contribution in [3.8, 4) is 0 Å². The highest BCUT2D eigenvalue weighted by molar-refractivity contribution is 4.95.